The van der Waals surface area contributed by atoms with Crippen LogP contribution < -0.4 is 0 Å². The van der Waals surface area contributed by atoms with Crippen molar-refractivity contribution >= 4 is 10.9 Å². The molecule has 0 unspecified atom stereocenters. The number of fused-ring (bicyclic) bond motifs is 1. The first kappa shape index (κ1) is 13.8. The lowest BCUT2D eigenvalue weighted by atomic mass is 10.1. The third-order valence-corrected chi connectivity index (χ3v) is 3.56. The van der Waals surface area contributed by atoms with Gasteiger partial charge in [-0.25, -0.2) is 9.67 Å². The second kappa shape index (κ2) is 4.70. The number of hydrogen-bond acceptors (Lipinski definition) is 3. The Morgan fingerprint density at radius 1 is 1.24 bits per heavy atom. The lowest BCUT2D eigenvalue weighted by molar-refractivity contribution is 0.0570. The van der Waals surface area contributed by atoms with Gasteiger partial charge in [-0.05, 0) is 32.9 Å². The zero-order chi connectivity index (χ0) is 15.2. The van der Waals surface area contributed by atoms with Crippen molar-refractivity contribution in [2.45, 2.75) is 32.9 Å². The standard InChI is InChI=1S/C16H20N4O/c1-11-17-15(18-20(11)10-16(2,3)21)13-6-5-7-14-12(13)8-9-19(14)4/h5-9,21H,10H2,1-4H3. The third-order valence-electron chi connectivity index (χ3n) is 3.56. The number of nitrogens with zero attached hydrogens (tertiary/aromatic N) is 4. The average Bonchev–Trinajstić information content (AvgIpc) is 2.93. The molecule has 0 fully saturated rings. The summed E-state index contributed by atoms with van der Waals surface area (Å²) in [5.74, 6) is 1.51. The van der Waals surface area contributed by atoms with Gasteiger partial charge in [0, 0.05) is 29.7 Å². The van der Waals surface area contributed by atoms with E-state index in [1.54, 1.807) is 18.5 Å². The summed E-state index contributed by atoms with van der Waals surface area (Å²) in [7, 11) is 2.03. The molecule has 2 heterocycles. The minimum Gasteiger partial charge on any atom is -0.389 e. The smallest absolute Gasteiger partial charge is 0.182 e. The van der Waals surface area contributed by atoms with E-state index in [2.05, 4.69) is 26.8 Å². The van der Waals surface area contributed by atoms with Crippen LogP contribution in [-0.4, -0.2) is 30.0 Å². The molecular formula is C16H20N4O. The summed E-state index contributed by atoms with van der Waals surface area (Å²) >= 11 is 0. The number of rotatable bonds is 3. The predicted molar refractivity (Wildman–Crippen MR) is 83.0 cm³/mol. The maximum absolute atomic E-state index is 9.96. The molecule has 5 heteroatoms. The van der Waals surface area contributed by atoms with Gasteiger partial charge in [0.15, 0.2) is 5.82 Å². The summed E-state index contributed by atoms with van der Waals surface area (Å²) in [6.45, 7) is 5.88. The van der Waals surface area contributed by atoms with Crippen LogP contribution in [0.3, 0.4) is 0 Å². The molecule has 0 bridgehead atoms. The number of hydrogen-bond donors (Lipinski definition) is 1. The fourth-order valence-electron chi connectivity index (χ4n) is 2.55. The summed E-state index contributed by atoms with van der Waals surface area (Å²) < 4.78 is 3.84. The third kappa shape index (κ3) is 2.56. The lowest BCUT2D eigenvalue weighted by Gasteiger charge is -2.17. The Balaban J connectivity index is 2.09. The zero-order valence-electron chi connectivity index (χ0n) is 12.8. The highest BCUT2D eigenvalue weighted by Gasteiger charge is 2.18. The van der Waals surface area contributed by atoms with Crippen LogP contribution in [0.15, 0.2) is 30.5 Å². The van der Waals surface area contributed by atoms with Gasteiger partial charge >= 0.3 is 0 Å². The average molecular weight is 284 g/mol. The Labute approximate surface area is 123 Å². The Kier molecular flexibility index (Phi) is 3.10. The molecule has 0 spiro atoms. The van der Waals surface area contributed by atoms with Crippen molar-refractivity contribution < 1.29 is 5.11 Å². The van der Waals surface area contributed by atoms with Crippen molar-refractivity contribution in [3.05, 3.63) is 36.3 Å². The van der Waals surface area contributed by atoms with Crippen molar-refractivity contribution in [3.8, 4) is 11.4 Å². The number of aliphatic hydroxyl groups is 1. The molecule has 0 amide bonds. The molecule has 0 aliphatic carbocycles. The molecule has 110 valence electrons. The van der Waals surface area contributed by atoms with E-state index >= 15 is 0 Å². The molecule has 1 N–H and O–H groups in total. The van der Waals surface area contributed by atoms with Gasteiger partial charge in [0.25, 0.3) is 0 Å². The van der Waals surface area contributed by atoms with Crippen LogP contribution in [0.25, 0.3) is 22.3 Å². The van der Waals surface area contributed by atoms with Gasteiger partial charge in [-0.2, -0.15) is 5.10 Å². The second-order valence-electron chi connectivity index (χ2n) is 6.12. The molecular weight excluding hydrogens is 264 g/mol. The predicted octanol–water partition coefficient (Wildman–Crippen LogP) is 2.52. The summed E-state index contributed by atoms with van der Waals surface area (Å²) in [6, 6.07) is 8.21. The van der Waals surface area contributed by atoms with E-state index < -0.39 is 5.60 Å². The topological polar surface area (TPSA) is 55.9 Å². The maximum atomic E-state index is 9.96. The Morgan fingerprint density at radius 3 is 2.71 bits per heavy atom. The van der Waals surface area contributed by atoms with E-state index in [0.29, 0.717) is 12.4 Å². The van der Waals surface area contributed by atoms with Crippen LogP contribution in [0.2, 0.25) is 0 Å². The minimum atomic E-state index is -0.811. The van der Waals surface area contributed by atoms with E-state index in [1.807, 2.05) is 32.3 Å². The van der Waals surface area contributed by atoms with E-state index in [0.717, 1.165) is 22.3 Å². The molecule has 3 rings (SSSR count). The monoisotopic (exact) mass is 284 g/mol. The van der Waals surface area contributed by atoms with Gasteiger partial charge in [-0.1, -0.05) is 12.1 Å². The fourth-order valence-corrected chi connectivity index (χ4v) is 2.55. The Hall–Kier alpha value is -2.14. The van der Waals surface area contributed by atoms with Gasteiger partial charge in [0.05, 0.1) is 12.1 Å². The second-order valence-corrected chi connectivity index (χ2v) is 6.12. The van der Waals surface area contributed by atoms with Crippen LogP contribution in [0.5, 0.6) is 0 Å². The summed E-state index contributed by atoms with van der Waals surface area (Å²) in [5.41, 5.74) is 1.36. The Morgan fingerprint density at radius 2 is 2.00 bits per heavy atom. The van der Waals surface area contributed by atoms with E-state index in [9.17, 15) is 5.11 Å². The van der Waals surface area contributed by atoms with E-state index in [-0.39, 0.29) is 0 Å². The van der Waals surface area contributed by atoms with Crippen molar-refractivity contribution in [1.82, 2.24) is 19.3 Å². The fraction of sp³-hybridized carbons (Fsp3) is 0.375. The van der Waals surface area contributed by atoms with Crippen LogP contribution in [-0.2, 0) is 13.6 Å². The SMILES string of the molecule is Cc1nc(-c2cccc3c2ccn3C)nn1CC(C)(C)O. The van der Waals surface area contributed by atoms with Crippen molar-refractivity contribution in [3.63, 3.8) is 0 Å². The lowest BCUT2D eigenvalue weighted by Crippen LogP contribution is -2.27. The number of aromatic nitrogens is 4. The molecule has 0 radical (unpaired) electrons. The molecule has 21 heavy (non-hydrogen) atoms. The van der Waals surface area contributed by atoms with E-state index in [4.69, 9.17) is 0 Å². The molecule has 0 atom stereocenters. The zero-order valence-corrected chi connectivity index (χ0v) is 12.8. The van der Waals surface area contributed by atoms with Gasteiger partial charge in [-0.15, -0.1) is 0 Å². The van der Waals surface area contributed by atoms with Crippen molar-refractivity contribution in [2.24, 2.45) is 7.05 Å². The number of aryl methyl sites for hydroxylation is 2. The molecule has 0 aliphatic rings. The molecule has 3 aromatic rings. The largest absolute Gasteiger partial charge is 0.389 e. The summed E-state index contributed by atoms with van der Waals surface area (Å²) in [4.78, 5) is 4.56. The first-order valence-corrected chi connectivity index (χ1v) is 7.03. The first-order chi connectivity index (χ1) is 9.85. The molecule has 0 saturated heterocycles. The van der Waals surface area contributed by atoms with Crippen LogP contribution in [0, 0.1) is 6.92 Å². The van der Waals surface area contributed by atoms with Gasteiger partial charge in [0.2, 0.25) is 0 Å². The number of benzene rings is 1. The molecule has 1 aromatic carbocycles. The highest BCUT2D eigenvalue weighted by atomic mass is 16.3. The highest BCUT2D eigenvalue weighted by Crippen LogP contribution is 2.27. The molecule has 0 saturated carbocycles. The van der Waals surface area contributed by atoms with Crippen molar-refractivity contribution in [1.29, 1.82) is 0 Å². The van der Waals surface area contributed by atoms with Crippen LogP contribution in [0.4, 0.5) is 0 Å². The summed E-state index contributed by atoms with van der Waals surface area (Å²) in [5, 5.41) is 15.7. The quantitative estimate of drug-likeness (QED) is 0.804. The normalized spacial score (nSPS) is 12.2. The van der Waals surface area contributed by atoms with Crippen LogP contribution >= 0.6 is 0 Å². The van der Waals surface area contributed by atoms with Gasteiger partial charge < -0.3 is 9.67 Å². The molecule has 0 aliphatic heterocycles. The Bertz CT molecular complexity index is 792. The first-order valence-electron chi connectivity index (χ1n) is 7.03. The highest BCUT2D eigenvalue weighted by molar-refractivity contribution is 5.93. The van der Waals surface area contributed by atoms with Gasteiger partial charge in [-0.3, -0.25) is 0 Å². The molecule has 5 nitrogen and oxygen atoms in total. The maximum Gasteiger partial charge on any atom is 0.182 e. The van der Waals surface area contributed by atoms with Crippen LogP contribution in [0.1, 0.15) is 19.7 Å². The van der Waals surface area contributed by atoms with E-state index in [1.165, 1.54) is 0 Å². The molecule has 2 aromatic heterocycles. The van der Waals surface area contributed by atoms with Gasteiger partial charge in [0.1, 0.15) is 5.82 Å². The minimum absolute atomic E-state index is 0.427. The van der Waals surface area contributed by atoms with Crippen molar-refractivity contribution in [2.75, 3.05) is 0 Å². The summed E-state index contributed by atoms with van der Waals surface area (Å²) in [6.07, 6.45) is 2.04.